The Morgan fingerprint density at radius 2 is 1.92 bits per heavy atom. The van der Waals surface area contributed by atoms with Crippen LogP contribution in [-0.4, -0.2) is 70.7 Å². The number of hydrogen-bond acceptors (Lipinski definition) is 4. The molecule has 7 nitrogen and oxygen atoms in total. The van der Waals surface area contributed by atoms with Gasteiger partial charge in [0.25, 0.3) is 0 Å². The summed E-state index contributed by atoms with van der Waals surface area (Å²) < 4.78 is 10.6. The van der Waals surface area contributed by atoms with Gasteiger partial charge in [-0.05, 0) is 12.1 Å². The third-order valence-corrected chi connectivity index (χ3v) is 5.08. The Hall–Kier alpha value is -2.28. The Morgan fingerprint density at radius 3 is 2.56 bits per heavy atom. The number of nitrogens with zero attached hydrogens (tertiary/aromatic N) is 2. The van der Waals surface area contributed by atoms with E-state index >= 15 is 0 Å². The highest BCUT2D eigenvalue weighted by atomic mass is 16.5. The third kappa shape index (κ3) is 3.56. The van der Waals surface area contributed by atoms with Gasteiger partial charge in [0, 0.05) is 19.0 Å². The van der Waals surface area contributed by atoms with Crippen molar-refractivity contribution < 1.29 is 24.0 Å². The Balaban J connectivity index is 1.75. The molecule has 2 saturated heterocycles. The molecule has 1 N–H and O–H groups in total. The van der Waals surface area contributed by atoms with Crippen molar-refractivity contribution >= 4 is 17.5 Å². The van der Waals surface area contributed by atoms with Crippen molar-refractivity contribution in [1.82, 2.24) is 4.90 Å². The summed E-state index contributed by atoms with van der Waals surface area (Å²) in [7, 11) is 5.29. The van der Waals surface area contributed by atoms with Crippen LogP contribution < -0.4 is 19.3 Å². The predicted octanol–water partition coefficient (Wildman–Crippen LogP) is -0.586. The lowest BCUT2D eigenvalue weighted by molar-refractivity contribution is -0.883. The Labute approximate surface area is 148 Å². The molecule has 2 aliphatic rings. The van der Waals surface area contributed by atoms with Crippen molar-refractivity contribution in [2.45, 2.75) is 6.42 Å². The average Bonchev–Trinajstić information content (AvgIpc) is 3.02. The van der Waals surface area contributed by atoms with E-state index < -0.39 is 0 Å². The number of ether oxygens (including phenoxy) is 2. The summed E-state index contributed by atoms with van der Waals surface area (Å²) in [6.07, 6.45) is 0.248. The van der Waals surface area contributed by atoms with E-state index in [0.29, 0.717) is 23.7 Å². The van der Waals surface area contributed by atoms with Crippen LogP contribution in [0.4, 0.5) is 5.69 Å². The first-order valence-corrected chi connectivity index (χ1v) is 8.66. The second kappa shape index (κ2) is 7.31. The number of methoxy groups -OCH3 is 2. The third-order valence-electron chi connectivity index (χ3n) is 5.08. The maximum atomic E-state index is 12.8. The lowest BCUT2D eigenvalue weighted by atomic mass is 10.1. The van der Waals surface area contributed by atoms with Gasteiger partial charge >= 0.3 is 0 Å². The number of quaternary nitrogens is 1. The first-order valence-electron chi connectivity index (χ1n) is 8.66. The second-order valence-corrected chi connectivity index (χ2v) is 6.73. The molecule has 1 atom stereocenters. The molecule has 1 aromatic carbocycles. The van der Waals surface area contributed by atoms with E-state index in [0.717, 1.165) is 26.2 Å². The van der Waals surface area contributed by atoms with Gasteiger partial charge in [-0.3, -0.25) is 9.59 Å². The number of carbonyl (C=O) groups is 2. The molecular formula is C18H26N3O4+. The summed E-state index contributed by atoms with van der Waals surface area (Å²) >= 11 is 0. The topological polar surface area (TPSA) is 63.5 Å². The predicted molar refractivity (Wildman–Crippen MR) is 93.2 cm³/mol. The van der Waals surface area contributed by atoms with Gasteiger partial charge < -0.3 is 24.2 Å². The number of hydrogen-bond donors (Lipinski definition) is 1. The maximum Gasteiger partial charge on any atom is 0.228 e. The Kier molecular flexibility index (Phi) is 5.13. The number of carbonyl (C=O) groups excluding carboxylic acids is 2. The molecule has 0 aliphatic carbocycles. The lowest BCUT2D eigenvalue weighted by Gasteiger charge is -2.31. The van der Waals surface area contributed by atoms with E-state index in [2.05, 4.69) is 7.05 Å². The van der Waals surface area contributed by atoms with Crippen molar-refractivity contribution in [1.29, 1.82) is 0 Å². The van der Waals surface area contributed by atoms with E-state index in [1.54, 1.807) is 37.3 Å². The van der Waals surface area contributed by atoms with E-state index in [4.69, 9.17) is 9.47 Å². The molecule has 7 heteroatoms. The van der Waals surface area contributed by atoms with Gasteiger partial charge in [0.15, 0.2) is 0 Å². The molecule has 0 spiro atoms. The minimum Gasteiger partial charge on any atom is -0.497 e. The fourth-order valence-corrected chi connectivity index (χ4v) is 3.48. The van der Waals surface area contributed by atoms with Crippen molar-refractivity contribution in [3.63, 3.8) is 0 Å². The number of piperazine rings is 1. The molecule has 0 aromatic heterocycles. The summed E-state index contributed by atoms with van der Waals surface area (Å²) in [5.41, 5.74) is 0.657. The van der Waals surface area contributed by atoms with Gasteiger partial charge in [-0.15, -0.1) is 0 Å². The van der Waals surface area contributed by atoms with Crippen molar-refractivity contribution in [2.75, 3.05) is 58.9 Å². The molecule has 2 fully saturated rings. The molecule has 136 valence electrons. The van der Waals surface area contributed by atoms with E-state index in [1.807, 2.05) is 4.90 Å². The smallest absolute Gasteiger partial charge is 0.228 e. The van der Waals surface area contributed by atoms with Crippen LogP contribution in [0.3, 0.4) is 0 Å². The molecule has 0 saturated carbocycles. The van der Waals surface area contributed by atoms with Crippen molar-refractivity contribution in [2.24, 2.45) is 5.92 Å². The Bertz CT molecular complexity index is 656. The number of benzene rings is 1. The highest BCUT2D eigenvalue weighted by Gasteiger charge is 2.39. The molecule has 2 amide bonds. The summed E-state index contributed by atoms with van der Waals surface area (Å²) in [6, 6.07) is 5.35. The highest BCUT2D eigenvalue weighted by Crippen LogP contribution is 2.36. The van der Waals surface area contributed by atoms with Crippen molar-refractivity contribution in [3.05, 3.63) is 18.2 Å². The van der Waals surface area contributed by atoms with Crippen LogP contribution in [0.25, 0.3) is 0 Å². The van der Waals surface area contributed by atoms with Crippen LogP contribution in [0, 0.1) is 5.92 Å². The van der Waals surface area contributed by atoms with Crippen LogP contribution in [0.15, 0.2) is 18.2 Å². The average molecular weight is 348 g/mol. The van der Waals surface area contributed by atoms with E-state index in [1.165, 1.54) is 4.90 Å². The molecule has 0 radical (unpaired) electrons. The maximum absolute atomic E-state index is 12.8. The van der Waals surface area contributed by atoms with Gasteiger partial charge in [-0.1, -0.05) is 0 Å². The van der Waals surface area contributed by atoms with Gasteiger partial charge in [-0.25, -0.2) is 0 Å². The molecular weight excluding hydrogens is 322 g/mol. The number of amides is 2. The van der Waals surface area contributed by atoms with Gasteiger partial charge in [0.1, 0.15) is 11.5 Å². The first kappa shape index (κ1) is 17.5. The molecule has 0 unspecified atom stereocenters. The molecule has 2 aliphatic heterocycles. The van der Waals surface area contributed by atoms with E-state index in [-0.39, 0.29) is 24.2 Å². The number of likely N-dealkylation sites (N-methyl/N-ethyl adjacent to an activating group) is 1. The summed E-state index contributed by atoms with van der Waals surface area (Å²) in [6.45, 7) is 3.83. The van der Waals surface area contributed by atoms with Crippen molar-refractivity contribution in [3.8, 4) is 11.5 Å². The lowest BCUT2D eigenvalue weighted by Crippen LogP contribution is -3.12. The first-order chi connectivity index (χ1) is 12.0. The quantitative estimate of drug-likeness (QED) is 0.790. The van der Waals surface area contributed by atoms with Crippen LogP contribution in [0.1, 0.15) is 6.42 Å². The number of nitrogens with one attached hydrogen (secondary N) is 1. The van der Waals surface area contributed by atoms with Crippen LogP contribution in [-0.2, 0) is 9.59 Å². The summed E-state index contributed by atoms with van der Waals surface area (Å²) in [4.78, 5) is 30.3. The highest BCUT2D eigenvalue weighted by molar-refractivity contribution is 6.01. The SMILES string of the molecule is COc1ccc(OC)c(N2C[C@H](C(=O)N3CC[NH+](C)CC3)CC2=O)c1. The minimum absolute atomic E-state index is 0.0512. The normalized spacial score (nSPS) is 21.6. The number of anilines is 1. The molecule has 1 aromatic rings. The Morgan fingerprint density at radius 1 is 1.20 bits per heavy atom. The zero-order chi connectivity index (χ0) is 18.0. The van der Waals surface area contributed by atoms with Crippen LogP contribution >= 0.6 is 0 Å². The second-order valence-electron chi connectivity index (χ2n) is 6.73. The largest absolute Gasteiger partial charge is 0.497 e. The summed E-state index contributed by atoms with van der Waals surface area (Å²) in [5, 5.41) is 0. The number of rotatable bonds is 4. The summed E-state index contributed by atoms with van der Waals surface area (Å²) in [5.74, 6) is 1.00. The minimum atomic E-state index is -0.290. The molecule has 2 heterocycles. The van der Waals surface area contributed by atoms with Gasteiger partial charge in [0.2, 0.25) is 11.8 Å². The molecule has 3 rings (SSSR count). The van der Waals surface area contributed by atoms with Crippen LogP contribution in [0.5, 0.6) is 11.5 Å². The fraction of sp³-hybridized carbons (Fsp3) is 0.556. The standard InChI is InChI=1S/C18H25N3O4/c1-19-6-8-20(9-7-19)18(23)13-10-17(22)21(12-13)15-11-14(24-2)4-5-16(15)25-3/h4-5,11,13H,6-10,12H2,1-3H3/p+1/t13-/m1/s1. The van der Waals surface area contributed by atoms with Gasteiger partial charge in [0.05, 0.1) is 59.1 Å². The van der Waals surface area contributed by atoms with Crippen LogP contribution in [0.2, 0.25) is 0 Å². The van der Waals surface area contributed by atoms with E-state index in [9.17, 15) is 9.59 Å². The monoisotopic (exact) mass is 348 g/mol. The fourth-order valence-electron chi connectivity index (χ4n) is 3.48. The van der Waals surface area contributed by atoms with Gasteiger partial charge in [-0.2, -0.15) is 0 Å². The molecule has 0 bridgehead atoms. The molecule has 25 heavy (non-hydrogen) atoms. The zero-order valence-electron chi connectivity index (χ0n) is 15.1. The zero-order valence-corrected chi connectivity index (χ0v) is 15.1.